The van der Waals surface area contributed by atoms with Gasteiger partial charge in [-0.2, -0.15) is 13.2 Å². The molecule has 0 saturated carbocycles. The van der Waals surface area contributed by atoms with E-state index >= 15 is 0 Å². The van der Waals surface area contributed by atoms with Crippen molar-refractivity contribution in [2.45, 2.75) is 32.4 Å². The first kappa shape index (κ1) is 20.1. The summed E-state index contributed by atoms with van der Waals surface area (Å²) in [6.45, 7) is 2.29. The SMILES string of the molecule is CCCCCOc1ccc(Nc2nc(-c3cncnc3)cs2)cc1C(F)(F)F. The zero-order valence-electron chi connectivity index (χ0n) is 15.2. The molecule has 2 aromatic heterocycles. The molecule has 0 bridgehead atoms. The minimum Gasteiger partial charge on any atom is -0.493 e. The predicted molar refractivity (Wildman–Crippen MR) is 103 cm³/mol. The number of halogens is 3. The molecule has 0 saturated heterocycles. The van der Waals surface area contributed by atoms with E-state index in [2.05, 4.69) is 20.3 Å². The van der Waals surface area contributed by atoms with E-state index in [-0.39, 0.29) is 12.4 Å². The number of alkyl halides is 3. The van der Waals surface area contributed by atoms with Gasteiger partial charge in [-0.15, -0.1) is 11.3 Å². The van der Waals surface area contributed by atoms with Crippen LogP contribution in [-0.4, -0.2) is 21.6 Å². The van der Waals surface area contributed by atoms with Gasteiger partial charge in [-0.05, 0) is 24.6 Å². The van der Waals surface area contributed by atoms with Gasteiger partial charge < -0.3 is 10.1 Å². The lowest BCUT2D eigenvalue weighted by atomic mass is 10.1. The van der Waals surface area contributed by atoms with E-state index in [4.69, 9.17) is 4.74 Å². The molecule has 0 spiro atoms. The fraction of sp³-hybridized carbons (Fsp3) is 0.316. The zero-order valence-corrected chi connectivity index (χ0v) is 16.0. The summed E-state index contributed by atoms with van der Waals surface area (Å²) < 4.78 is 45.7. The van der Waals surface area contributed by atoms with Gasteiger partial charge in [0, 0.05) is 29.0 Å². The van der Waals surface area contributed by atoms with E-state index in [0.717, 1.165) is 30.9 Å². The van der Waals surface area contributed by atoms with Gasteiger partial charge in [0.15, 0.2) is 5.13 Å². The Bertz CT molecular complexity index is 900. The fourth-order valence-electron chi connectivity index (χ4n) is 2.51. The number of benzene rings is 1. The molecule has 28 heavy (non-hydrogen) atoms. The average molecular weight is 408 g/mol. The van der Waals surface area contributed by atoms with Crippen molar-refractivity contribution in [3.05, 3.63) is 47.9 Å². The van der Waals surface area contributed by atoms with Crippen molar-refractivity contribution in [2.24, 2.45) is 0 Å². The Morgan fingerprint density at radius 3 is 2.64 bits per heavy atom. The normalized spacial score (nSPS) is 11.4. The molecular weight excluding hydrogens is 389 g/mol. The summed E-state index contributed by atoms with van der Waals surface area (Å²) in [5.41, 5.74) is 0.874. The van der Waals surface area contributed by atoms with Gasteiger partial charge in [-0.3, -0.25) is 0 Å². The number of hydrogen-bond donors (Lipinski definition) is 1. The molecule has 3 rings (SSSR count). The first-order valence-corrected chi connectivity index (χ1v) is 9.67. The Labute approximate surface area is 164 Å². The van der Waals surface area contributed by atoms with Crippen molar-refractivity contribution in [3.8, 4) is 17.0 Å². The summed E-state index contributed by atoms with van der Waals surface area (Å²) in [7, 11) is 0. The lowest BCUT2D eigenvalue weighted by molar-refractivity contribution is -0.138. The highest BCUT2D eigenvalue weighted by molar-refractivity contribution is 7.14. The number of nitrogens with one attached hydrogen (secondary N) is 1. The first-order chi connectivity index (χ1) is 13.5. The van der Waals surface area contributed by atoms with Crippen molar-refractivity contribution in [2.75, 3.05) is 11.9 Å². The monoisotopic (exact) mass is 408 g/mol. The third-order valence-electron chi connectivity index (χ3n) is 3.90. The smallest absolute Gasteiger partial charge is 0.420 e. The quantitative estimate of drug-likeness (QED) is 0.468. The molecule has 3 aromatic rings. The summed E-state index contributed by atoms with van der Waals surface area (Å²) in [5, 5.41) is 5.19. The molecule has 0 radical (unpaired) electrons. The van der Waals surface area contributed by atoms with Gasteiger partial charge in [0.05, 0.1) is 17.9 Å². The Kier molecular flexibility index (Phi) is 6.45. The van der Waals surface area contributed by atoms with Crippen LogP contribution < -0.4 is 10.1 Å². The summed E-state index contributed by atoms with van der Waals surface area (Å²) >= 11 is 1.29. The van der Waals surface area contributed by atoms with Gasteiger partial charge in [-0.1, -0.05) is 19.8 Å². The van der Waals surface area contributed by atoms with E-state index in [1.165, 1.54) is 23.7 Å². The van der Waals surface area contributed by atoms with Crippen LogP contribution in [0, 0.1) is 0 Å². The van der Waals surface area contributed by atoms with Crippen molar-refractivity contribution < 1.29 is 17.9 Å². The van der Waals surface area contributed by atoms with Gasteiger partial charge in [0.25, 0.3) is 0 Å². The van der Waals surface area contributed by atoms with Crippen LogP contribution in [0.4, 0.5) is 24.0 Å². The van der Waals surface area contributed by atoms with Gasteiger partial charge in [-0.25, -0.2) is 15.0 Å². The number of unbranched alkanes of at least 4 members (excludes halogenated alkanes) is 2. The van der Waals surface area contributed by atoms with Crippen LogP contribution in [0.2, 0.25) is 0 Å². The highest BCUT2D eigenvalue weighted by Gasteiger charge is 2.34. The molecule has 0 atom stereocenters. The molecule has 0 unspecified atom stereocenters. The van der Waals surface area contributed by atoms with Gasteiger partial charge in [0.2, 0.25) is 0 Å². The molecule has 0 aliphatic carbocycles. The Balaban J connectivity index is 1.76. The summed E-state index contributed by atoms with van der Waals surface area (Å²) in [6.07, 6.45) is 2.77. The highest BCUT2D eigenvalue weighted by Crippen LogP contribution is 2.39. The van der Waals surface area contributed by atoms with Crippen LogP contribution in [0.25, 0.3) is 11.3 Å². The van der Waals surface area contributed by atoms with Crippen molar-refractivity contribution >= 4 is 22.2 Å². The maximum Gasteiger partial charge on any atom is 0.420 e. The Hall–Kier alpha value is -2.68. The summed E-state index contributed by atoms with van der Waals surface area (Å²) in [5.74, 6) is -0.157. The second kappa shape index (κ2) is 9.01. The topological polar surface area (TPSA) is 59.9 Å². The van der Waals surface area contributed by atoms with Crippen molar-refractivity contribution in [1.82, 2.24) is 15.0 Å². The summed E-state index contributed by atoms with van der Waals surface area (Å²) in [4.78, 5) is 12.2. The highest BCUT2D eigenvalue weighted by atomic mass is 32.1. The molecule has 148 valence electrons. The molecule has 0 fully saturated rings. The molecule has 0 aliphatic rings. The largest absolute Gasteiger partial charge is 0.493 e. The zero-order chi connectivity index (χ0) is 20.0. The number of nitrogens with zero attached hydrogens (tertiary/aromatic N) is 3. The second-order valence-corrected chi connectivity index (χ2v) is 6.91. The first-order valence-electron chi connectivity index (χ1n) is 8.79. The number of ether oxygens (including phenoxy) is 1. The Morgan fingerprint density at radius 1 is 1.14 bits per heavy atom. The molecule has 5 nitrogen and oxygen atoms in total. The van der Waals surface area contributed by atoms with E-state index in [9.17, 15) is 13.2 Å². The van der Waals surface area contributed by atoms with E-state index in [1.807, 2.05) is 6.92 Å². The van der Waals surface area contributed by atoms with Gasteiger partial charge >= 0.3 is 6.18 Å². The fourth-order valence-corrected chi connectivity index (χ4v) is 3.25. The molecule has 2 heterocycles. The van der Waals surface area contributed by atoms with E-state index in [0.29, 0.717) is 16.5 Å². The summed E-state index contributed by atoms with van der Waals surface area (Å²) in [6, 6.07) is 3.94. The number of hydrogen-bond acceptors (Lipinski definition) is 6. The number of anilines is 2. The predicted octanol–water partition coefficient (Wildman–Crippen LogP) is 5.93. The molecule has 0 aliphatic heterocycles. The van der Waals surface area contributed by atoms with Crippen molar-refractivity contribution in [3.63, 3.8) is 0 Å². The number of aromatic nitrogens is 3. The van der Waals surface area contributed by atoms with Crippen LogP contribution in [-0.2, 0) is 6.18 Å². The third kappa shape index (κ3) is 5.19. The van der Waals surface area contributed by atoms with Crippen LogP contribution in [0.3, 0.4) is 0 Å². The second-order valence-electron chi connectivity index (χ2n) is 6.05. The van der Waals surface area contributed by atoms with E-state index in [1.54, 1.807) is 23.8 Å². The van der Waals surface area contributed by atoms with Crippen LogP contribution >= 0.6 is 11.3 Å². The van der Waals surface area contributed by atoms with Crippen LogP contribution in [0.5, 0.6) is 5.75 Å². The maximum absolute atomic E-state index is 13.4. The minimum atomic E-state index is -4.51. The van der Waals surface area contributed by atoms with Crippen LogP contribution in [0.1, 0.15) is 31.7 Å². The molecule has 0 amide bonds. The van der Waals surface area contributed by atoms with Crippen LogP contribution in [0.15, 0.2) is 42.3 Å². The van der Waals surface area contributed by atoms with Gasteiger partial charge in [0.1, 0.15) is 12.1 Å². The minimum absolute atomic E-state index is 0.157. The van der Waals surface area contributed by atoms with E-state index < -0.39 is 11.7 Å². The molecule has 1 aromatic carbocycles. The maximum atomic E-state index is 13.4. The average Bonchev–Trinajstić information content (AvgIpc) is 3.14. The number of thiazole rings is 1. The third-order valence-corrected chi connectivity index (χ3v) is 4.66. The lowest BCUT2D eigenvalue weighted by Crippen LogP contribution is -2.10. The lowest BCUT2D eigenvalue weighted by Gasteiger charge is -2.15. The number of rotatable bonds is 8. The molecule has 1 N–H and O–H groups in total. The molecule has 9 heteroatoms. The molecular formula is C19H19F3N4OS. The standard InChI is InChI=1S/C19H19F3N4OS/c1-2-3-4-7-27-17-6-5-14(8-15(17)19(20,21)22)25-18-26-16(11-28-18)13-9-23-12-24-10-13/h5-6,8-12H,2-4,7H2,1H3,(H,25,26). The Morgan fingerprint density at radius 2 is 1.93 bits per heavy atom. The van der Waals surface area contributed by atoms with Crippen molar-refractivity contribution in [1.29, 1.82) is 0 Å².